The fraction of sp³-hybridized carbons (Fsp3) is 0.200. The third kappa shape index (κ3) is 2.83. The Morgan fingerprint density at radius 3 is 2.45 bits per heavy atom. The Kier molecular flexibility index (Phi) is 4.40. The van der Waals surface area contributed by atoms with Crippen molar-refractivity contribution in [3.05, 3.63) is 63.1 Å². The molecule has 0 aliphatic carbocycles. The second-order valence-electron chi connectivity index (χ2n) is 4.49. The Morgan fingerprint density at radius 1 is 1.15 bits per heavy atom. The molecule has 0 aliphatic rings. The first-order valence-corrected chi connectivity index (χ1v) is 6.78. The Bertz CT molecular complexity index is 646. The van der Waals surface area contributed by atoms with Crippen LogP contribution < -0.4 is 10.5 Å². The predicted octanol–water partition coefficient (Wildman–Crippen LogP) is 4.09. The maximum Gasteiger partial charge on any atom is 0.159 e. The van der Waals surface area contributed by atoms with Gasteiger partial charge in [-0.3, -0.25) is 0 Å². The molecule has 0 radical (unpaired) electrons. The molecule has 5 heteroatoms. The molecule has 0 saturated heterocycles. The van der Waals surface area contributed by atoms with Crippen LogP contribution in [0.4, 0.5) is 8.78 Å². The van der Waals surface area contributed by atoms with E-state index in [9.17, 15) is 8.78 Å². The Balaban J connectivity index is 2.49. The van der Waals surface area contributed by atoms with Gasteiger partial charge in [0, 0.05) is 10.0 Å². The van der Waals surface area contributed by atoms with Gasteiger partial charge in [0.1, 0.15) is 5.75 Å². The first-order valence-electron chi connectivity index (χ1n) is 5.98. The molecule has 0 saturated carbocycles. The minimum absolute atomic E-state index is 0.484. The minimum Gasteiger partial charge on any atom is -0.496 e. The molecule has 2 aromatic carbocycles. The quantitative estimate of drug-likeness (QED) is 0.912. The van der Waals surface area contributed by atoms with E-state index in [1.807, 2.05) is 19.1 Å². The smallest absolute Gasteiger partial charge is 0.159 e. The summed E-state index contributed by atoms with van der Waals surface area (Å²) < 4.78 is 32.5. The van der Waals surface area contributed by atoms with Gasteiger partial charge in [0.25, 0.3) is 0 Å². The van der Waals surface area contributed by atoms with Gasteiger partial charge in [0.15, 0.2) is 11.6 Å². The SMILES string of the molecule is COc1cc(C)c(Br)cc1C(N)c1ccc(F)c(F)c1. The van der Waals surface area contributed by atoms with Crippen molar-refractivity contribution in [2.75, 3.05) is 7.11 Å². The van der Waals surface area contributed by atoms with Crippen LogP contribution in [0.1, 0.15) is 22.7 Å². The summed E-state index contributed by atoms with van der Waals surface area (Å²) in [6.07, 6.45) is 0. The monoisotopic (exact) mass is 341 g/mol. The van der Waals surface area contributed by atoms with Gasteiger partial charge in [-0.2, -0.15) is 0 Å². The molecule has 0 amide bonds. The standard InChI is InChI=1S/C15H14BrF2NO/c1-8-5-14(20-2)10(7-11(8)16)15(19)9-3-4-12(17)13(18)6-9/h3-7,15H,19H2,1-2H3. The third-order valence-electron chi connectivity index (χ3n) is 3.15. The molecule has 2 N–H and O–H groups in total. The van der Waals surface area contributed by atoms with Crippen molar-refractivity contribution in [1.29, 1.82) is 0 Å². The third-order valence-corrected chi connectivity index (χ3v) is 4.00. The number of nitrogens with two attached hydrogens (primary N) is 1. The maximum atomic E-state index is 13.3. The summed E-state index contributed by atoms with van der Waals surface area (Å²) in [5, 5.41) is 0. The number of halogens is 3. The van der Waals surface area contributed by atoms with E-state index in [-0.39, 0.29) is 0 Å². The van der Waals surface area contributed by atoms with Gasteiger partial charge in [-0.15, -0.1) is 0 Å². The number of hydrogen-bond donors (Lipinski definition) is 1. The lowest BCUT2D eigenvalue weighted by Gasteiger charge is -2.18. The maximum absolute atomic E-state index is 13.3. The number of benzene rings is 2. The molecule has 1 unspecified atom stereocenters. The second kappa shape index (κ2) is 5.89. The lowest BCUT2D eigenvalue weighted by Crippen LogP contribution is -2.14. The molecule has 20 heavy (non-hydrogen) atoms. The van der Waals surface area contributed by atoms with Gasteiger partial charge in [-0.1, -0.05) is 22.0 Å². The average Bonchev–Trinajstić information content (AvgIpc) is 2.43. The van der Waals surface area contributed by atoms with Gasteiger partial charge in [-0.05, 0) is 42.3 Å². The predicted molar refractivity (Wildman–Crippen MR) is 77.8 cm³/mol. The van der Waals surface area contributed by atoms with Crippen LogP contribution in [0.15, 0.2) is 34.8 Å². The molecule has 0 bridgehead atoms. The fourth-order valence-electron chi connectivity index (χ4n) is 1.98. The molecule has 106 valence electrons. The van der Waals surface area contributed by atoms with Crippen molar-refractivity contribution in [2.45, 2.75) is 13.0 Å². The summed E-state index contributed by atoms with van der Waals surface area (Å²) in [7, 11) is 1.55. The molecule has 0 heterocycles. The van der Waals surface area contributed by atoms with Crippen molar-refractivity contribution >= 4 is 15.9 Å². The molecule has 2 nitrogen and oxygen atoms in total. The first kappa shape index (κ1) is 14.9. The van der Waals surface area contributed by atoms with E-state index in [0.29, 0.717) is 16.9 Å². The molecule has 1 atom stereocenters. The molecule has 0 spiro atoms. The lowest BCUT2D eigenvalue weighted by atomic mass is 9.97. The minimum atomic E-state index is -0.914. The highest BCUT2D eigenvalue weighted by Gasteiger charge is 2.17. The van der Waals surface area contributed by atoms with Crippen molar-refractivity contribution < 1.29 is 13.5 Å². The fourth-order valence-corrected chi connectivity index (χ4v) is 2.34. The summed E-state index contributed by atoms with van der Waals surface area (Å²) >= 11 is 3.43. The Labute approximate surface area is 124 Å². The van der Waals surface area contributed by atoms with E-state index >= 15 is 0 Å². The zero-order chi connectivity index (χ0) is 14.9. The van der Waals surface area contributed by atoms with Crippen LogP contribution in [0.3, 0.4) is 0 Å². The van der Waals surface area contributed by atoms with E-state index in [2.05, 4.69) is 15.9 Å². The molecule has 0 fully saturated rings. The van der Waals surface area contributed by atoms with Crippen molar-refractivity contribution in [1.82, 2.24) is 0 Å². The van der Waals surface area contributed by atoms with Gasteiger partial charge < -0.3 is 10.5 Å². The highest BCUT2D eigenvalue weighted by Crippen LogP contribution is 2.33. The van der Waals surface area contributed by atoms with Crippen LogP contribution in [0, 0.1) is 18.6 Å². The highest BCUT2D eigenvalue weighted by molar-refractivity contribution is 9.10. The van der Waals surface area contributed by atoms with Gasteiger partial charge >= 0.3 is 0 Å². The van der Waals surface area contributed by atoms with Crippen molar-refractivity contribution in [2.24, 2.45) is 5.73 Å². The van der Waals surface area contributed by atoms with Crippen LogP contribution in [-0.2, 0) is 0 Å². The average molecular weight is 342 g/mol. The van der Waals surface area contributed by atoms with Crippen LogP contribution in [0.5, 0.6) is 5.75 Å². The van der Waals surface area contributed by atoms with Crippen molar-refractivity contribution in [3.63, 3.8) is 0 Å². The molecule has 0 aliphatic heterocycles. The van der Waals surface area contributed by atoms with E-state index in [1.165, 1.54) is 6.07 Å². The Morgan fingerprint density at radius 2 is 1.85 bits per heavy atom. The van der Waals surface area contributed by atoms with E-state index < -0.39 is 17.7 Å². The first-order chi connectivity index (χ1) is 9.43. The van der Waals surface area contributed by atoms with Crippen molar-refractivity contribution in [3.8, 4) is 5.75 Å². The van der Waals surface area contributed by atoms with Crippen LogP contribution in [-0.4, -0.2) is 7.11 Å². The number of aryl methyl sites for hydroxylation is 1. The van der Waals surface area contributed by atoms with Crippen LogP contribution in [0.2, 0.25) is 0 Å². The summed E-state index contributed by atoms with van der Waals surface area (Å²) in [4.78, 5) is 0. The molecular weight excluding hydrogens is 328 g/mol. The zero-order valence-electron chi connectivity index (χ0n) is 11.1. The molecular formula is C15H14BrF2NO. The van der Waals surface area contributed by atoms with E-state index in [1.54, 1.807) is 7.11 Å². The van der Waals surface area contributed by atoms with Crippen LogP contribution >= 0.6 is 15.9 Å². The Hall–Kier alpha value is -1.46. The number of rotatable bonds is 3. The van der Waals surface area contributed by atoms with E-state index in [0.717, 1.165) is 22.2 Å². The van der Waals surface area contributed by atoms with Gasteiger partial charge in [0.2, 0.25) is 0 Å². The topological polar surface area (TPSA) is 35.2 Å². The summed E-state index contributed by atoms with van der Waals surface area (Å²) in [6.45, 7) is 1.93. The molecule has 2 rings (SSSR count). The molecule has 2 aromatic rings. The molecule has 0 aromatic heterocycles. The van der Waals surface area contributed by atoms with Gasteiger partial charge in [0.05, 0.1) is 13.2 Å². The summed E-state index contributed by atoms with van der Waals surface area (Å²) in [5.74, 6) is -1.19. The number of methoxy groups -OCH3 is 1. The van der Waals surface area contributed by atoms with E-state index in [4.69, 9.17) is 10.5 Å². The number of hydrogen-bond acceptors (Lipinski definition) is 2. The summed E-state index contributed by atoms with van der Waals surface area (Å²) in [5.41, 5.74) is 8.33. The zero-order valence-corrected chi connectivity index (χ0v) is 12.7. The number of ether oxygens (including phenoxy) is 1. The lowest BCUT2D eigenvalue weighted by molar-refractivity contribution is 0.407. The largest absolute Gasteiger partial charge is 0.496 e. The van der Waals surface area contributed by atoms with Crippen LogP contribution in [0.25, 0.3) is 0 Å². The highest BCUT2D eigenvalue weighted by atomic mass is 79.9. The summed E-state index contributed by atoms with van der Waals surface area (Å²) in [6, 6.07) is 6.72. The normalized spacial score (nSPS) is 12.3. The van der Waals surface area contributed by atoms with Gasteiger partial charge in [-0.25, -0.2) is 8.78 Å². The second-order valence-corrected chi connectivity index (χ2v) is 5.35.